The van der Waals surface area contributed by atoms with Gasteiger partial charge in [-0.25, -0.2) is 4.57 Å². The van der Waals surface area contributed by atoms with Crippen LogP contribution in [0.25, 0.3) is 0 Å². The van der Waals surface area contributed by atoms with Gasteiger partial charge in [0.05, 0.1) is 19.9 Å². The minimum absolute atomic E-state index is 0.316. The molecule has 7 heteroatoms. The summed E-state index contributed by atoms with van der Waals surface area (Å²) in [6.45, 7) is 19.6. The molecular weight excluding hydrogens is 495 g/mol. The van der Waals surface area contributed by atoms with Crippen molar-refractivity contribution in [3.05, 3.63) is 12.4 Å². The lowest BCUT2D eigenvalue weighted by molar-refractivity contribution is 0.110. The molecule has 0 amide bonds. The maximum Gasteiger partial charge on any atom is 0.472 e. The predicted molar refractivity (Wildman–Crippen MR) is 164 cm³/mol. The number of hydrogen-bond donors (Lipinski definition) is 1. The summed E-state index contributed by atoms with van der Waals surface area (Å²) in [5.74, 6) is 1.57. The highest BCUT2D eigenvalue weighted by Gasteiger charge is 2.24. The third-order valence-corrected chi connectivity index (χ3v) is 8.67. The maximum absolute atomic E-state index is 11.9. The third kappa shape index (κ3) is 19.5. The van der Waals surface area contributed by atoms with Crippen LogP contribution in [0.1, 0.15) is 138 Å². The molecule has 228 valence electrons. The van der Waals surface area contributed by atoms with Crippen LogP contribution in [0.2, 0.25) is 0 Å². The second-order valence-electron chi connectivity index (χ2n) is 11.2. The highest BCUT2D eigenvalue weighted by atomic mass is 31.2. The Morgan fingerprint density at radius 3 is 1.53 bits per heavy atom. The number of unbranched alkanes of at least 4 members (excludes halogenated alkanes) is 4. The summed E-state index contributed by atoms with van der Waals surface area (Å²) < 4.78 is 22.2. The standard InChI is InChI=1S/C16H35O4P.C15H30N2/c1-5-9-11-15(7-3)13-19-21(17,18)20-14-16(8-4)12-10-6-2;1-4-7-9-15(6-3)13-17-12-11-16(14-17)10-8-5-2/h15-16H,5-14H2,1-4H3,(H,17,18);11-12,15H,4-10,13-14H2,1-3H3. The lowest BCUT2D eigenvalue weighted by atomic mass is 9.99. The van der Waals surface area contributed by atoms with E-state index >= 15 is 0 Å². The number of hydrogen-bond acceptors (Lipinski definition) is 5. The Morgan fingerprint density at radius 2 is 1.11 bits per heavy atom. The Balaban J connectivity index is 0.000000735. The van der Waals surface area contributed by atoms with Crippen LogP contribution in [0.15, 0.2) is 12.4 Å². The van der Waals surface area contributed by atoms with E-state index in [-0.39, 0.29) is 0 Å². The van der Waals surface area contributed by atoms with Crippen molar-refractivity contribution < 1.29 is 18.5 Å². The lowest BCUT2D eigenvalue weighted by Crippen LogP contribution is -2.29. The Bertz CT molecular complexity index is 580. The Kier molecular flexibility index (Phi) is 23.9. The van der Waals surface area contributed by atoms with Crippen molar-refractivity contribution in [3.8, 4) is 0 Å². The second-order valence-corrected chi connectivity index (χ2v) is 12.6. The predicted octanol–water partition coefficient (Wildman–Crippen LogP) is 9.60. The van der Waals surface area contributed by atoms with Crippen molar-refractivity contribution in [3.63, 3.8) is 0 Å². The smallest absolute Gasteiger partial charge is 0.359 e. The van der Waals surface area contributed by atoms with Gasteiger partial charge >= 0.3 is 7.82 Å². The molecule has 1 aliphatic rings. The van der Waals surface area contributed by atoms with E-state index in [4.69, 9.17) is 9.05 Å². The monoisotopic (exact) mass is 560 g/mol. The van der Waals surface area contributed by atoms with Crippen LogP contribution in [-0.4, -0.2) is 47.7 Å². The SMILES string of the molecule is CCCCC(CC)CN1C=CN(CCCC)C1.CCCCC(CC)COP(=O)(O)OCC(CC)CCCC. The van der Waals surface area contributed by atoms with E-state index in [1.54, 1.807) is 0 Å². The molecule has 0 aromatic rings. The Labute approximate surface area is 237 Å². The largest absolute Gasteiger partial charge is 0.472 e. The van der Waals surface area contributed by atoms with Crippen LogP contribution in [0.5, 0.6) is 0 Å². The van der Waals surface area contributed by atoms with Gasteiger partial charge in [-0.1, -0.05) is 113 Å². The molecule has 38 heavy (non-hydrogen) atoms. The molecule has 3 atom stereocenters. The maximum atomic E-state index is 11.9. The fraction of sp³-hybridized carbons (Fsp3) is 0.935. The highest BCUT2D eigenvalue weighted by Crippen LogP contribution is 2.44. The van der Waals surface area contributed by atoms with E-state index in [1.807, 2.05) is 0 Å². The number of phosphoric acid groups is 1. The number of nitrogens with zero attached hydrogens (tertiary/aromatic N) is 2. The molecule has 1 rings (SSSR count). The van der Waals surface area contributed by atoms with E-state index in [0.717, 1.165) is 64.0 Å². The molecule has 6 nitrogen and oxygen atoms in total. The van der Waals surface area contributed by atoms with Crippen LogP contribution in [0, 0.1) is 17.8 Å². The molecule has 3 unspecified atom stereocenters. The summed E-state index contributed by atoms with van der Waals surface area (Å²) in [4.78, 5) is 14.7. The van der Waals surface area contributed by atoms with Crippen LogP contribution in [0.4, 0.5) is 0 Å². The van der Waals surface area contributed by atoms with Crippen molar-refractivity contribution in [2.75, 3.05) is 33.0 Å². The lowest BCUT2D eigenvalue weighted by Gasteiger charge is -2.25. The van der Waals surface area contributed by atoms with Crippen molar-refractivity contribution in [2.45, 2.75) is 138 Å². The first kappa shape index (κ1) is 37.5. The van der Waals surface area contributed by atoms with Crippen molar-refractivity contribution in [1.29, 1.82) is 0 Å². The van der Waals surface area contributed by atoms with Crippen LogP contribution in [0.3, 0.4) is 0 Å². The van der Waals surface area contributed by atoms with Crippen molar-refractivity contribution in [2.24, 2.45) is 17.8 Å². The van der Waals surface area contributed by atoms with Gasteiger partial charge in [0.15, 0.2) is 0 Å². The minimum atomic E-state index is -3.89. The zero-order valence-corrected chi connectivity index (χ0v) is 27.2. The summed E-state index contributed by atoms with van der Waals surface area (Å²) in [5, 5.41) is 0. The molecule has 0 saturated heterocycles. The summed E-state index contributed by atoms with van der Waals surface area (Å²) in [6.07, 6.45) is 21.1. The van der Waals surface area contributed by atoms with E-state index in [0.29, 0.717) is 25.0 Å². The fourth-order valence-corrected chi connectivity index (χ4v) is 5.50. The van der Waals surface area contributed by atoms with Gasteiger partial charge in [0.2, 0.25) is 0 Å². The van der Waals surface area contributed by atoms with Crippen LogP contribution < -0.4 is 0 Å². The molecule has 0 aromatic heterocycles. The highest BCUT2D eigenvalue weighted by molar-refractivity contribution is 7.47. The van der Waals surface area contributed by atoms with Gasteiger partial charge in [0, 0.05) is 25.5 Å². The van der Waals surface area contributed by atoms with Gasteiger partial charge < -0.3 is 14.7 Å². The summed E-state index contributed by atoms with van der Waals surface area (Å²) in [5.41, 5.74) is 0. The van der Waals surface area contributed by atoms with Gasteiger partial charge in [-0.2, -0.15) is 0 Å². The van der Waals surface area contributed by atoms with Crippen LogP contribution in [-0.2, 0) is 13.6 Å². The van der Waals surface area contributed by atoms with E-state index in [9.17, 15) is 9.46 Å². The van der Waals surface area contributed by atoms with Crippen molar-refractivity contribution >= 4 is 7.82 Å². The van der Waals surface area contributed by atoms with Gasteiger partial charge in [-0.15, -0.1) is 0 Å². The first-order valence-corrected chi connectivity index (χ1v) is 17.6. The molecule has 0 bridgehead atoms. The molecule has 1 heterocycles. The molecule has 1 aliphatic heterocycles. The molecule has 0 aromatic carbocycles. The number of phosphoric ester groups is 1. The zero-order valence-electron chi connectivity index (χ0n) is 26.3. The van der Waals surface area contributed by atoms with E-state index in [2.05, 4.69) is 70.7 Å². The van der Waals surface area contributed by atoms with Gasteiger partial charge in [0.25, 0.3) is 0 Å². The molecule has 0 fully saturated rings. The second kappa shape index (κ2) is 24.3. The Hall–Kier alpha value is -0.550. The van der Waals surface area contributed by atoms with Crippen LogP contribution >= 0.6 is 7.82 Å². The van der Waals surface area contributed by atoms with E-state index in [1.165, 1.54) is 51.6 Å². The minimum Gasteiger partial charge on any atom is -0.359 e. The molecule has 1 N–H and O–H groups in total. The third-order valence-electron chi connectivity index (χ3n) is 7.72. The molecule has 0 saturated carbocycles. The first-order valence-electron chi connectivity index (χ1n) is 16.1. The summed E-state index contributed by atoms with van der Waals surface area (Å²) in [7, 11) is -3.89. The normalized spacial score (nSPS) is 17.2. The average Bonchev–Trinajstić information content (AvgIpc) is 3.37. The van der Waals surface area contributed by atoms with E-state index < -0.39 is 7.82 Å². The van der Waals surface area contributed by atoms with Crippen molar-refractivity contribution in [1.82, 2.24) is 9.80 Å². The molecule has 0 radical (unpaired) electrons. The first-order chi connectivity index (χ1) is 18.3. The van der Waals surface area contributed by atoms with Gasteiger partial charge in [-0.05, 0) is 43.4 Å². The fourth-order valence-electron chi connectivity index (χ4n) is 4.62. The molecule has 0 aliphatic carbocycles. The van der Waals surface area contributed by atoms with Gasteiger partial charge in [0.1, 0.15) is 0 Å². The summed E-state index contributed by atoms with van der Waals surface area (Å²) in [6, 6.07) is 0. The topological polar surface area (TPSA) is 62.2 Å². The molecular formula is C31H65N2O4P. The average molecular weight is 561 g/mol. The Morgan fingerprint density at radius 1 is 0.684 bits per heavy atom. The van der Waals surface area contributed by atoms with Gasteiger partial charge in [-0.3, -0.25) is 9.05 Å². The summed E-state index contributed by atoms with van der Waals surface area (Å²) >= 11 is 0. The molecule has 0 spiro atoms. The number of rotatable bonds is 23. The quantitative estimate of drug-likeness (QED) is 0.126. The zero-order chi connectivity index (χ0) is 28.7.